The molecule has 0 fully saturated rings. The van der Waals surface area contributed by atoms with Crippen LogP contribution in [0.1, 0.15) is 16.5 Å². The van der Waals surface area contributed by atoms with E-state index in [1.807, 2.05) is 0 Å². The highest BCUT2D eigenvalue weighted by atomic mass is 35.5. The molecule has 2 aromatic rings. The van der Waals surface area contributed by atoms with Crippen molar-refractivity contribution in [2.75, 3.05) is 0 Å². The zero-order valence-electron chi connectivity index (χ0n) is 8.63. The van der Waals surface area contributed by atoms with Crippen LogP contribution in [0.4, 0.5) is 8.78 Å². The van der Waals surface area contributed by atoms with E-state index in [4.69, 9.17) is 23.2 Å². The van der Waals surface area contributed by atoms with Crippen molar-refractivity contribution in [3.8, 4) is 0 Å². The van der Waals surface area contributed by atoms with Crippen LogP contribution in [0.3, 0.4) is 0 Å². The molecule has 1 atom stereocenters. The summed E-state index contributed by atoms with van der Waals surface area (Å²) in [7, 11) is 0. The molecular weight excluding hydrogens is 265 g/mol. The average Bonchev–Trinajstić information content (AvgIpc) is 2.28. The SMILES string of the molecule is Fc1ccc(C(Cl)c2cccc(Cl)c2)c(F)c1. The Hall–Kier alpha value is -1.12. The highest BCUT2D eigenvalue weighted by molar-refractivity contribution is 6.30. The van der Waals surface area contributed by atoms with Gasteiger partial charge < -0.3 is 0 Å². The molecule has 0 aliphatic rings. The van der Waals surface area contributed by atoms with E-state index in [2.05, 4.69) is 0 Å². The van der Waals surface area contributed by atoms with Crippen molar-refractivity contribution in [1.29, 1.82) is 0 Å². The lowest BCUT2D eigenvalue weighted by Crippen LogP contribution is -1.97. The fraction of sp³-hybridized carbons (Fsp3) is 0.0769. The smallest absolute Gasteiger partial charge is 0.131 e. The Morgan fingerprint density at radius 2 is 1.76 bits per heavy atom. The molecule has 0 heterocycles. The van der Waals surface area contributed by atoms with E-state index in [0.29, 0.717) is 10.6 Å². The van der Waals surface area contributed by atoms with Gasteiger partial charge in [0, 0.05) is 16.7 Å². The molecule has 0 saturated heterocycles. The molecule has 0 aromatic heterocycles. The number of alkyl halides is 1. The Balaban J connectivity index is 2.40. The lowest BCUT2D eigenvalue weighted by molar-refractivity contribution is 0.573. The number of hydrogen-bond donors (Lipinski definition) is 0. The second-order valence-electron chi connectivity index (χ2n) is 3.58. The van der Waals surface area contributed by atoms with Gasteiger partial charge in [-0.05, 0) is 23.8 Å². The molecule has 0 amide bonds. The van der Waals surface area contributed by atoms with Crippen molar-refractivity contribution < 1.29 is 8.78 Å². The Labute approximate surface area is 108 Å². The minimum atomic E-state index is -0.686. The van der Waals surface area contributed by atoms with Gasteiger partial charge in [0.25, 0.3) is 0 Å². The van der Waals surface area contributed by atoms with Crippen LogP contribution in [0.25, 0.3) is 0 Å². The maximum absolute atomic E-state index is 13.5. The van der Waals surface area contributed by atoms with E-state index < -0.39 is 17.0 Å². The molecule has 0 radical (unpaired) electrons. The van der Waals surface area contributed by atoms with Gasteiger partial charge >= 0.3 is 0 Å². The molecule has 88 valence electrons. The first-order valence-corrected chi connectivity index (χ1v) is 5.74. The fourth-order valence-corrected chi connectivity index (χ4v) is 2.06. The first-order valence-electron chi connectivity index (χ1n) is 4.92. The second kappa shape index (κ2) is 5.03. The summed E-state index contributed by atoms with van der Waals surface area (Å²) >= 11 is 12.0. The van der Waals surface area contributed by atoms with Crippen LogP contribution in [-0.4, -0.2) is 0 Å². The quantitative estimate of drug-likeness (QED) is 0.679. The van der Waals surface area contributed by atoms with Crippen molar-refractivity contribution in [1.82, 2.24) is 0 Å². The average molecular weight is 273 g/mol. The van der Waals surface area contributed by atoms with Crippen LogP contribution < -0.4 is 0 Å². The van der Waals surface area contributed by atoms with Gasteiger partial charge in [-0.2, -0.15) is 0 Å². The minimum absolute atomic E-state index is 0.232. The normalized spacial score (nSPS) is 12.5. The molecule has 2 rings (SSSR count). The van der Waals surface area contributed by atoms with Gasteiger partial charge in [0.05, 0.1) is 5.38 Å². The Kier molecular flexibility index (Phi) is 3.65. The lowest BCUT2D eigenvalue weighted by atomic mass is 10.0. The number of benzene rings is 2. The zero-order chi connectivity index (χ0) is 12.4. The Morgan fingerprint density at radius 3 is 2.41 bits per heavy atom. The van der Waals surface area contributed by atoms with E-state index in [9.17, 15) is 8.78 Å². The topological polar surface area (TPSA) is 0 Å². The van der Waals surface area contributed by atoms with E-state index in [-0.39, 0.29) is 5.56 Å². The molecule has 4 heteroatoms. The molecule has 0 aliphatic heterocycles. The summed E-state index contributed by atoms with van der Waals surface area (Å²) < 4.78 is 26.3. The molecule has 0 saturated carbocycles. The summed E-state index contributed by atoms with van der Waals surface area (Å²) in [5, 5.41) is -0.162. The van der Waals surface area contributed by atoms with Crippen LogP contribution in [0.5, 0.6) is 0 Å². The van der Waals surface area contributed by atoms with Crippen LogP contribution in [0, 0.1) is 11.6 Å². The van der Waals surface area contributed by atoms with E-state index in [1.165, 1.54) is 12.1 Å². The highest BCUT2D eigenvalue weighted by Crippen LogP contribution is 2.31. The summed E-state index contributed by atoms with van der Waals surface area (Å²) in [6.07, 6.45) is 0. The predicted octanol–water partition coefficient (Wildman–Crippen LogP) is 4.95. The minimum Gasteiger partial charge on any atom is -0.207 e. The highest BCUT2D eigenvalue weighted by Gasteiger charge is 2.15. The zero-order valence-corrected chi connectivity index (χ0v) is 10.1. The molecule has 17 heavy (non-hydrogen) atoms. The van der Waals surface area contributed by atoms with Crippen molar-refractivity contribution in [2.24, 2.45) is 0 Å². The van der Waals surface area contributed by atoms with Crippen molar-refractivity contribution in [3.05, 3.63) is 70.2 Å². The number of halogens is 4. The fourth-order valence-electron chi connectivity index (χ4n) is 1.55. The second-order valence-corrected chi connectivity index (χ2v) is 4.46. The Morgan fingerprint density at radius 1 is 1.00 bits per heavy atom. The third-order valence-electron chi connectivity index (χ3n) is 2.38. The Bertz CT molecular complexity index is 541. The van der Waals surface area contributed by atoms with Gasteiger partial charge in [-0.1, -0.05) is 29.8 Å². The van der Waals surface area contributed by atoms with Crippen LogP contribution in [0.2, 0.25) is 5.02 Å². The molecule has 1 unspecified atom stereocenters. The molecule has 2 aromatic carbocycles. The van der Waals surface area contributed by atoms with Gasteiger partial charge in [-0.25, -0.2) is 8.78 Å². The first kappa shape index (κ1) is 12.3. The van der Waals surface area contributed by atoms with Crippen LogP contribution >= 0.6 is 23.2 Å². The van der Waals surface area contributed by atoms with Crippen molar-refractivity contribution in [2.45, 2.75) is 5.38 Å². The van der Waals surface area contributed by atoms with Gasteiger partial charge in [-0.3, -0.25) is 0 Å². The third kappa shape index (κ3) is 2.76. The summed E-state index contributed by atoms with van der Waals surface area (Å²) in [5.74, 6) is -1.29. The molecule has 0 aliphatic carbocycles. The largest absolute Gasteiger partial charge is 0.207 e. The van der Waals surface area contributed by atoms with Crippen molar-refractivity contribution in [3.63, 3.8) is 0 Å². The molecule has 0 nitrogen and oxygen atoms in total. The summed E-state index contributed by atoms with van der Waals surface area (Å²) in [4.78, 5) is 0. The molecule has 0 spiro atoms. The van der Waals surface area contributed by atoms with E-state index in [0.717, 1.165) is 6.07 Å². The van der Waals surface area contributed by atoms with E-state index in [1.54, 1.807) is 24.3 Å². The number of rotatable bonds is 2. The number of hydrogen-bond acceptors (Lipinski definition) is 0. The van der Waals surface area contributed by atoms with Crippen LogP contribution in [-0.2, 0) is 0 Å². The maximum Gasteiger partial charge on any atom is 0.131 e. The van der Waals surface area contributed by atoms with Crippen LogP contribution in [0.15, 0.2) is 42.5 Å². The first-order chi connectivity index (χ1) is 8.08. The molecular formula is C13H8Cl2F2. The summed E-state index contributed by atoms with van der Waals surface area (Å²) in [5.41, 5.74) is 0.903. The summed E-state index contributed by atoms with van der Waals surface area (Å²) in [6.45, 7) is 0. The summed E-state index contributed by atoms with van der Waals surface area (Å²) in [6, 6.07) is 10.2. The lowest BCUT2D eigenvalue weighted by Gasteiger charge is -2.11. The predicted molar refractivity (Wildman–Crippen MR) is 65.5 cm³/mol. The standard InChI is InChI=1S/C13H8Cl2F2/c14-9-3-1-2-8(6-9)13(15)11-5-4-10(16)7-12(11)17/h1-7,13H. The monoisotopic (exact) mass is 272 g/mol. The van der Waals surface area contributed by atoms with Gasteiger partial charge in [0.15, 0.2) is 0 Å². The van der Waals surface area contributed by atoms with E-state index >= 15 is 0 Å². The van der Waals surface area contributed by atoms with Crippen molar-refractivity contribution >= 4 is 23.2 Å². The molecule has 0 N–H and O–H groups in total. The van der Waals surface area contributed by atoms with Gasteiger partial charge in [-0.15, -0.1) is 11.6 Å². The van der Waals surface area contributed by atoms with Gasteiger partial charge in [0.2, 0.25) is 0 Å². The maximum atomic E-state index is 13.5. The van der Waals surface area contributed by atoms with Gasteiger partial charge in [0.1, 0.15) is 11.6 Å². The third-order valence-corrected chi connectivity index (χ3v) is 3.10. The molecule has 0 bridgehead atoms.